The van der Waals surface area contributed by atoms with E-state index >= 15 is 0 Å². The Morgan fingerprint density at radius 3 is 2.48 bits per heavy atom. The molecule has 1 aromatic carbocycles. The lowest BCUT2D eigenvalue weighted by atomic mass is 9.83. The number of anilines is 2. The number of hydrogen-bond acceptors (Lipinski definition) is 4. The van der Waals surface area contributed by atoms with E-state index in [4.69, 9.17) is 5.73 Å². The first-order valence-corrected chi connectivity index (χ1v) is 8.98. The fraction of sp³-hybridized carbons (Fsp3) is 0.600. The van der Waals surface area contributed by atoms with Gasteiger partial charge in [0, 0.05) is 12.2 Å². The molecule has 1 aliphatic rings. The molecule has 1 saturated carbocycles. The number of rotatable bonds is 6. The van der Waals surface area contributed by atoms with E-state index in [1.807, 2.05) is 0 Å². The van der Waals surface area contributed by atoms with Crippen molar-refractivity contribution in [1.29, 1.82) is 0 Å². The Hall–Kier alpha value is -1.27. The zero-order valence-electron chi connectivity index (χ0n) is 12.8. The second-order valence-electron chi connectivity index (χ2n) is 5.87. The van der Waals surface area contributed by atoms with Gasteiger partial charge >= 0.3 is 0 Å². The maximum atomic E-state index is 11.8. The average molecular weight is 311 g/mol. The Balaban J connectivity index is 2.11. The van der Waals surface area contributed by atoms with Gasteiger partial charge in [-0.2, -0.15) is 0 Å². The quantitative estimate of drug-likeness (QED) is 0.705. The lowest BCUT2D eigenvalue weighted by molar-refractivity contribution is 0.307. The molecule has 6 heteroatoms. The van der Waals surface area contributed by atoms with Crippen LogP contribution in [0.25, 0.3) is 0 Å². The van der Waals surface area contributed by atoms with Crippen molar-refractivity contribution in [3.8, 4) is 0 Å². The molecule has 0 unspecified atom stereocenters. The van der Waals surface area contributed by atoms with Crippen LogP contribution in [-0.4, -0.2) is 22.0 Å². The van der Waals surface area contributed by atoms with Crippen LogP contribution in [0.4, 0.5) is 11.4 Å². The van der Waals surface area contributed by atoms with Crippen LogP contribution < -0.4 is 15.8 Å². The molecule has 1 aliphatic carbocycles. The van der Waals surface area contributed by atoms with Gasteiger partial charge in [0.1, 0.15) is 4.90 Å². The Kier molecular flexibility index (Phi) is 4.78. The first kappa shape index (κ1) is 16.1. The number of hydrogen-bond donors (Lipinski definition) is 3. The van der Waals surface area contributed by atoms with Crippen LogP contribution in [0.1, 0.15) is 39.0 Å². The molecule has 1 aromatic rings. The molecule has 0 spiro atoms. The van der Waals surface area contributed by atoms with E-state index in [2.05, 4.69) is 17.0 Å². The summed E-state index contributed by atoms with van der Waals surface area (Å²) in [6.45, 7) is 3.16. The zero-order valence-corrected chi connectivity index (χ0v) is 13.6. The summed E-state index contributed by atoms with van der Waals surface area (Å²) in [5.74, 6) is 0. The molecule has 0 saturated heterocycles. The summed E-state index contributed by atoms with van der Waals surface area (Å²) in [5.41, 5.74) is 7.40. The van der Waals surface area contributed by atoms with Crippen molar-refractivity contribution in [3.63, 3.8) is 0 Å². The molecule has 5 nitrogen and oxygen atoms in total. The molecule has 0 amide bonds. The number of nitrogen functional groups attached to an aromatic ring is 1. The molecule has 0 heterocycles. The Labute approximate surface area is 127 Å². The fourth-order valence-corrected chi connectivity index (χ4v) is 3.92. The zero-order chi connectivity index (χ0) is 15.5. The van der Waals surface area contributed by atoms with Gasteiger partial charge in [0.25, 0.3) is 0 Å². The van der Waals surface area contributed by atoms with E-state index in [9.17, 15) is 8.42 Å². The molecule has 0 aliphatic heterocycles. The van der Waals surface area contributed by atoms with Crippen LogP contribution in [0.5, 0.6) is 0 Å². The van der Waals surface area contributed by atoms with Crippen molar-refractivity contribution in [2.45, 2.75) is 43.9 Å². The van der Waals surface area contributed by atoms with Crippen molar-refractivity contribution in [2.75, 3.05) is 24.6 Å². The summed E-state index contributed by atoms with van der Waals surface area (Å²) < 4.78 is 25.9. The highest BCUT2D eigenvalue weighted by Crippen LogP contribution is 2.41. The number of nitrogens with one attached hydrogen (secondary N) is 2. The van der Waals surface area contributed by atoms with E-state index in [0.717, 1.165) is 12.2 Å². The summed E-state index contributed by atoms with van der Waals surface area (Å²) in [7, 11) is -2.11. The van der Waals surface area contributed by atoms with Gasteiger partial charge in [-0.1, -0.05) is 19.8 Å². The third-order valence-electron chi connectivity index (χ3n) is 4.65. The highest BCUT2D eigenvalue weighted by Gasteiger charge is 2.31. The van der Waals surface area contributed by atoms with Crippen molar-refractivity contribution >= 4 is 21.4 Å². The van der Waals surface area contributed by atoms with Crippen LogP contribution in [0.2, 0.25) is 0 Å². The van der Waals surface area contributed by atoms with Gasteiger partial charge in [-0.05, 0) is 49.9 Å². The number of benzene rings is 1. The van der Waals surface area contributed by atoms with Crippen molar-refractivity contribution in [2.24, 2.45) is 5.41 Å². The summed E-state index contributed by atoms with van der Waals surface area (Å²) in [6, 6.07) is 5.03. The second-order valence-corrected chi connectivity index (χ2v) is 7.73. The third-order valence-corrected chi connectivity index (χ3v) is 6.14. The number of sulfonamides is 1. The molecule has 2 rings (SSSR count). The lowest BCUT2D eigenvalue weighted by Crippen LogP contribution is -2.26. The topological polar surface area (TPSA) is 84.2 Å². The maximum absolute atomic E-state index is 11.8. The molecule has 1 fully saturated rings. The lowest BCUT2D eigenvalue weighted by Gasteiger charge is -2.28. The fourth-order valence-electron chi connectivity index (χ4n) is 3.08. The predicted octanol–water partition coefficient (Wildman–Crippen LogP) is 2.56. The first-order chi connectivity index (χ1) is 9.92. The van der Waals surface area contributed by atoms with E-state index in [-0.39, 0.29) is 10.6 Å². The third kappa shape index (κ3) is 3.49. The summed E-state index contributed by atoms with van der Waals surface area (Å²) in [6.07, 6.45) is 6.30. The van der Waals surface area contributed by atoms with E-state index < -0.39 is 10.0 Å². The molecule has 0 atom stereocenters. The van der Waals surface area contributed by atoms with Gasteiger partial charge < -0.3 is 11.1 Å². The van der Waals surface area contributed by atoms with Crippen LogP contribution in [-0.2, 0) is 10.0 Å². The molecule has 118 valence electrons. The Morgan fingerprint density at radius 1 is 1.29 bits per heavy atom. The SMILES string of the molecule is CCC1(CNc2ccc(S(=O)(=O)NC)c(N)c2)CCCC1. The van der Waals surface area contributed by atoms with Crippen LogP contribution in [0.3, 0.4) is 0 Å². The van der Waals surface area contributed by atoms with Crippen LogP contribution >= 0.6 is 0 Å². The monoisotopic (exact) mass is 311 g/mol. The van der Waals surface area contributed by atoms with Gasteiger partial charge in [0.05, 0.1) is 5.69 Å². The Morgan fingerprint density at radius 2 is 1.95 bits per heavy atom. The highest BCUT2D eigenvalue weighted by atomic mass is 32.2. The molecular formula is C15H25N3O2S. The van der Waals surface area contributed by atoms with Crippen molar-refractivity contribution in [3.05, 3.63) is 18.2 Å². The van der Waals surface area contributed by atoms with E-state index in [1.54, 1.807) is 18.2 Å². The standard InChI is InChI=1S/C15H25N3O2S/c1-3-15(8-4-5-9-15)11-18-12-6-7-14(13(16)10-12)21(19,20)17-2/h6-7,10,17-18H,3-5,8-9,11,16H2,1-2H3. The minimum Gasteiger partial charge on any atom is -0.398 e. The summed E-state index contributed by atoms with van der Waals surface area (Å²) in [5, 5.41) is 3.42. The van der Waals surface area contributed by atoms with Crippen molar-refractivity contribution < 1.29 is 8.42 Å². The average Bonchev–Trinajstić information content (AvgIpc) is 2.94. The highest BCUT2D eigenvalue weighted by molar-refractivity contribution is 7.89. The smallest absolute Gasteiger partial charge is 0.242 e. The molecule has 4 N–H and O–H groups in total. The maximum Gasteiger partial charge on any atom is 0.242 e. The number of nitrogens with two attached hydrogens (primary N) is 1. The minimum atomic E-state index is -3.50. The molecule has 0 aromatic heterocycles. The van der Waals surface area contributed by atoms with Crippen LogP contribution in [0, 0.1) is 5.41 Å². The first-order valence-electron chi connectivity index (χ1n) is 7.49. The van der Waals surface area contributed by atoms with Gasteiger partial charge in [-0.15, -0.1) is 0 Å². The molecular weight excluding hydrogens is 286 g/mol. The summed E-state index contributed by atoms with van der Waals surface area (Å²) >= 11 is 0. The van der Waals surface area contributed by atoms with Gasteiger partial charge in [-0.3, -0.25) is 0 Å². The summed E-state index contributed by atoms with van der Waals surface area (Å²) in [4.78, 5) is 0.127. The minimum absolute atomic E-state index is 0.127. The molecule has 0 radical (unpaired) electrons. The molecule has 0 bridgehead atoms. The Bertz CT molecular complexity index is 593. The largest absolute Gasteiger partial charge is 0.398 e. The van der Waals surface area contributed by atoms with Gasteiger partial charge in [0.2, 0.25) is 10.0 Å². The molecule has 21 heavy (non-hydrogen) atoms. The van der Waals surface area contributed by atoms with E-state index in [1.165, 1.54) is 39.2 Å². The second kappa shape index (κ2) is 6.23. The van der Waals surface area contributed by atoms with Crippen molar-refractivity contribution in [1.82, 2.24) is 4.72 Å². The predicted molar refractivity (Wildman–Crippen MR) is 86.8 cm³/mol. The van der Waals surface area contributed by atoms with Gasteiger partial charge in [-0.25, -0.2) is 13.1 Å². The van der Waals surface area contributed by atoms with Crippen LogP contribution in [0.15, 0.2) is 23.1 Å². The normalized spacial score (nSPS) is 17.8. The van der Waals surface area contributed by atoms with E-state index in [0.29, 0.717) is 5.41 Å². The van der Waals surface area contributed by atoms with Gasteiger partial charge in [0.15, 0.2) is 0 Å².